The van der Waals surface area contributed by atoms with Gasteiger partial charge in [0.2, 0.25) is 11.7 Å². The first-order chi connectivity index (χ1) is 13.8. The Hall–Kier alpha value is -3.07. The van der Waals surface area contributed by atoms with E-state index in [1.165, 1.54) is 6.92 Å². The molecule has 0 saturated carbocycles. The van der Waals surface area contributed by atoms with Gasteiger partial charge in [-0.05, 0) is 49.9 Å². The van der Waals surface area contributed by atoms with Crippen LogP contribution in [0.25, 0.3) is 0 Å². The maximum Gasteiger partial charge on any atom is 0.271 e. The van der Waals surface area contributed by atoms with Crippen LogP contribution < -0.4 is 10.3 Å². The zero-order valence-electron chi connectivity index (χ0n) is 17.5. The van der Waals surface area contributed by atoms with Crippen LogP contribution in [-0.4, -0.2) is 21.6 Å². The SMILES string of the molecule is CCCCCn1c(O)c(C(=O)C(C)Oc2ccc(CC)cc2)c(C)c(C#N)c1=O. The number of nitrogens with zero attached hydrogens (tertiary/aromatic N) is 2. The molecular weight excluding hydrogens is 368 g/mol. The maximum atomic E-state index is 13.1. The van der Waals surface area contributed by atoms with Crippen molar-refractivity contribution in [3.63, 3.8) is 0 Å². The fourth-order valence-corrected chi connectivity index (χ4v) is 3.24. The second-order valence-electron chi connectivity index (χ2n) is 7.10. The highest BCUT2D eigenvalue weighted by atomic mass is 16.5. The van der Waals surface area contributed by atoms with Crippen LogP contribution in [-0.2, 0) is 13.0 Å². The number of aromatic hydroxyl groups is 1. The number of ether oxygens (including phenoxy) is 1. The molecule has 1 N–H and O–H groups in total. The first kappa shape index (κ1) is 22.2. The van der Waals surface area contributed by atoms with Gasteiger partial charge in [0.25, 0.3) is 5.56 Å². The lowest BCUT2D eigenvalue weighted by Gasteiger charge is -2.19. The van der Waals surface area contributed by atoms with Crippen LogP contribution in [0.5, 0.6) is 11.6 Å². The smallest absolute Gasteiger partial charge is 0.271 e. The number of Topliss-reactive ketones (excluding diaryl/α,β-unsaturated/α-hetero) is 1. The molecule has 0 aliphatic carbocycles. The van der Waals surface area contributed by atoms with Gasteiger partial charge in [-0.15, -0.1) is 0 Å². The molecule has 0 aliphatic heterocycles. The normalized spacial score (nSPS) is 11.7. The summed E-state index contributed by atoms with van der Waals surface area (Å²) >= 11 is 0. The Bertz CT molecular complexity index is 968. The molecule has 6 nitrogen and oxygen atoms in total. The monoisotopic (exact) mass is 396 g/mol. The number of pyridine rings is 1. The number of aromatic nitrogens is 1. The molecule has 0 radical (unpaired) electrons. The van der Waals surface area contributed by atoms with Crippen molar-refractivity contribution in [3.05, 3.63) is 56.9 Å². The van der Waals surface area contributed by atoms with Gasteiger partial charge in [-0.25, -0.2) is 0 Å². The molecule has 154 valence electrons. The summed E-state index contributed by atoms with van der Waals surface area (Å²) in [6, 6.07) is 9.32. The number of carbonyl (C=O) groups excluding carboxylic acids is 1. The minimum atomic E-state index is -0.889. The number of unbranched alkanes of at least 4 members (excludes halogenated alkanes) is 2. The number of hydrogen-bond donors (Lipinski definition) is 1. The molecule has 29 heavy (non-hydrogen) atoms. The summed E-state index contributed by atoms with van der Waals surface area (Å²) in [7, 11) is 0. The minimum Gasteiger partial charge on any atom is -0.494 e. The van der Waals surface area contributed by atoms with E-state index < -0.39 is 23.3 Å². The van der Waals surface area contributed by atoms with Crippen molar-refractivity contribution in [2.45, 2.75) is 66.0 Å². The molecule has 2 rings (SSSR count). The van der Waals surface area contributed by atoms with E-state index in [-0.39, 0.29) is 23.2 Å². The minimum absolute atomic E-state index is 0.0321. The van der Waals surface area contributed by atoms with E-state index in [1.54, 1.807) is 19.1 Å². The van der Waals surface area contributed by atoms with Crippen LogP contribution in [0.2, 0.25) is 0 Å². The van der Waals surface area contributed by atoms with Gasteiger partial charge in [0.05, 0.1) is 5.56 Å². The molecule has 0 saturated heterocycles. The quantitative estimate of drug-likeness (QED) is 0.508. The van der Waals surface area contributed by atoms with E-state index >= 15 is 0 Å². The molecule has 0 amide bonds. The summed E-state index contributed by atoms with van der Waals surface area (Å²) < 4.78 is 6.87. The lowest BCUT2D eigenvalue weighted by molar-refractivity contribution is 0.0812. The Kier molecular flexibility index (Phi) is 7.60. The highest BCUT2D eigenvalue weighted by Gasteiger charge is 2.28. The summed E-state index contributed by atoms with van der Waals surface area (Å²) in [4.78, 5) is 25.6. The molecule has 0 aliphatic rings. The number of carbonyl (C=O) groups is 1. The van der Waals surface area contributed by atoms with E-state index in [2.05, 4.69) is 6.92 Å². The van der Waals surface area contributed by atoms with Crippen LogP contribution in [0, 0.1) is 18.3 Å². The highest BCUT2D eigenvalue weighted by molar-refractivity contribution is 6.03. The summed E-state index contributed by atoms with van der Waals surface area (Å²) in [6.07, 6.45) is 2.50. The van der Waals surface area contributed by atoms with E-state index in [1.807, 2.05) is 25.1 Å². The molecule has 0 fully saturated rings. The third-order valence-corrected chi connectivity index (χ3v) is 5.05. The number of aryl methyl sites for hydroxylation is 1. The molecule has 2 aromatic rings. The van der Waals surface area contributed by atoms with Gasteiger partial charge < -0.3 is 9.84 Å². The van der Waals surface area contributed by atoms with Crippen LogP contribution in [0.4, 0.5) is 0 Å². The number of benzene rings is 1. The Morgan fingerprint density at radius 3 is 2.45 bits per heavy atom. The van der Waals surface area contributed by atoms with Gasteiger partial charge >= 0.3 is 0 Å². The van der Waals surface area contributed by atoms with Crippen molar-refractivity contribution in [2.75, 3.05) is 0 Å². The molecule has 1 atom stereocenters. The third-order valence-electron chi connectivity index (χ3n) is 5.05. The Balaban J connectivity index is 2.40. The van der Waals surface area contributed by atoms with Crippen molar-refractivity contribution < 1.29 is 14.6 Å². The largest absolute Gasteiger partial charge is 0.494 e. The summed E-state index contributed by atoms with van der Waals surface area (Å²) in [5.41, 5.74) is 0.613. The predicted octanol–water partition coefficient (Wildman–Crippen LogP) is 4.14. The van der Waals surface area contributed by atoms with Crippen LogP contribution in [0.1, 0.15) is 67.1 Å². The molecule has 1 aromatic carbocycles. The van der Waals surface area contributed by atoms with Gasteiger partial charge in [0.1, 0.15) is 17.4 Å². The zero-order valence-corrected chi connectivity index (χ0v) is 17.5. The van der Waals surface area contributed by atoms with Crippen LogP contribution in [0.15, 0.2) is 29.1 Å². The van der Waals surface area contributed by atoms with Gasteiger partial charge in [0, 0.05) is 6.54 Å². The Morgan fingerprint density at radius 1 is 1.24 bits per heavy atom. The average molecular weight is 396 g/mol. The van der Waals surface area contributed by atoms with Gasteiger partial charge in [-0.3, -0.25) is 14.2 Å². The lowest BCUT2D eigenvalue weighted by Crippen LogP contribution is -2.30. The standard InChI is InChI=1S/C23H28N2O4/c1-5-7-8-13-25-22(27)19(14-24)15(3)20(23(25)28)21(26)16(4)29-18-11-9-17(6-2)10-12-18/h9-12,16,28H,5-8,13H2,1-4H3. The molecule has 0 bridgehead atoms. The Labute approximate surface area is 171 Å². The molecule has 1 aromatic heterocycles. The summed E-state index contributed by atoms with van der Waals surface area (Å²) in [6.45, 7) is 7.43. The van der Waals surface area contributed by atoms with E-state index in [4.69, 9.17) is 4.74 Å². The zero-order chi connectivity index (χ0) is 21.6. The fraction of sp³-hybridized carbons (Fsp3) is 0.435. The number of rotatable bonds is 9. The second-order valence-corrected chi connectivity index (χ2v) is 7.10. The molecular formula is C23H28N2O4. The molecule has 0 spiro atoms. The van der Waals surface area contributed by atoms with E-state index in [0.717, 1.165) is 29.4 Å². The second kappa shape index (κ2) is 9.92. The molecule has 1 unspecified atom stereocenters. The molecule has 6 heteroatoms. The van der Waals surface area contributed by atoms with Crippen LogP contribution in [0.3, 0.4) is 0 Å². The van der Waals surface area contributed by atoms with Gasteiger partial charge in [-0.1, -0.05) is 38.8 Å². The summed E-state index contributed by atoms with van der Waals surface area (Å²) in [5, 5.41) is 20.1. The highest BCUT2D eigenvalue weighted by Crippen LogP contribution is 2.25. The lowest BCUT2D eigenvalue weighted by atomic mass is 9.99. The first-order valence-corrected chi connectivity index (χ1v) is 10.0. The average Bonchev–Trinajstić information content (AvgIpc) is 2.71. The number of nitriles is 1. The number of ketones is 1. The fourth-order valence-electron chi connectivity index (χ4n) is 3.24. The Morgan fingerprint density at radius 2 is 1.90 bits per heavy atom. The van der Waals surface area contributed by atoms with Gasteiger partial charge in [0.15, 0.2) is 6.10 Å². The number of hydrogen-bond acceptors (Lipinski definition) is 5. The topological polar surface area (TPSA) is 92.3 Å². The maximum absolute atomic E-state index is 13.1. The van der Waals surface area contributed by atoms with Crippen molar-refractivity contribution in [3.8, 4) is 17.7 Å². The summed E-state index contributed by atoms with van der Waals surface area (Å²) in [5.74, 6) is -0.332. The van der Waals surface area contributed by atoms with Crippen molar-refractivity contribution >= 4 is 5.78 Å². The van der Waals surface area contributed by atoms with Crippen molar-refractivity contribution in [1.82, 2.24) is 4.57 Å². The van der Waals surface area contributed by atoms with Crippen molar-refractivity contribution in [2.24, 2.45) is 0 Å². The first-order valence-electron chi connectivity index (χ1n) is 10.0. The van der Waals surface area contributed by atoms with Crippen LogP contribution >= 0.6 is 0 Å². The van der Waals surface area contributed by atoms with E-state index in [9.17, 15) is 20.0 Å². The van der Waals surface area contributed by atoms with Gasteiger partial charge in [-0.2, -0.15) is 5.26 Å². The molecule has 1 heterocycles. The third kappa shape index (κ3) is 4.86. The van der Waals surface area contributed by atoms with E-state index in [0.29, 0.717) is 12.2 Å². The predicted molar refractivity (Wildman–Crippen MR) is 112 cm³/mol. The van der Waals surface area contributed by atoms with Crippen molar-refractivity contribution in [1.29, 1.82) is 5.26 Å².